The maximum Gasteiger partial charge on any atom is 0.167 e. The van der Waals surface area contributed by atoms with Crippen LogP contribution in [0.5, 0.6) is 0 Å². The van der Waals surface area contributed by atoms with Crippen molar-refractivity contribution in [1.82, 2.24) is 29.9 Å². The molecule has 2 aromatic heterocycles. The van der Waals surface area contributed by atoms with E-state index in [1.807, 2.05) is 146 Å². The number of rotatable bonds is 7. The average molecular weight is 635 g/mol. The van der Waals surface area contributed by atoms with E-state index in [1.54, 1.807) is 12.1 Å². The van der Waals surface area contributed by atoms with Crippen molar-refractivity contribution in [3.05, 3.63) is 170 Å². The third kappa shape index (κ3) is 6.21. The normalized spacial score (nSPS) is 11.0. The van der Waals surface area contributed by atoms with Crippen LogP contribution in [0.2, 0.25) is 0 Å². The van der Waals surface area contributed by atoms with Gasteiger partial charge in [-0.3, -0.25) is 0 Å². The lowest BCUT2D eigenvalue weighted by molar-refractivity contribution is 0.630. The monoisotopic (exact) mass is 634 g/mol. The Morgan fingerprint density at radius 1 is 0.265 bits per heavy atom. The van der Waals surface area contributed by atoms with E-state index in [1.165, 1.54) is 6.07 Å². The Bertz CT molecular complexity index is 2270. The van der Waals surface area contributed by atoms with E-state index < -0.39 is 5.82 Å². The third-order valence-electron chi connectivity index (χ3n) is 8.09. The standard InChI is InChI=1S/C42H27FN6/c43-36-26-25-32(27-35(36)42-48-39(30-19-9-3-10-20-30)45-40(49-42)31-21-11-4-12-22-31)33-23-13-14-24-34(33)41-46-37(28-15-5-1-6-16-28)44-38(47-41)29-17-7-2-8-18-29/h1-27H. The van der Waals surface area contributed by atoms with Crippen molar-refractivity contribution < 1.29 is 4.39 Å². The fourth-order valence-corrected chi connectivity index (χ4v) is 5.65. The van der Waals surface area contributed by atoms with Gasteiger partial charge in [0.25, 0.3) is 0 Å². The average Bonchev–Trinajstić information content (AvgIpc) is 3.19. The molecule has 7 heteroatoms. The minimum atomic E-state index is -0.441. The molecular weight excluding hydrogens is 608 g/mol. The van der Waals surface area contributed by atoms with Crippen LogP contribution in [0, 0.1) is 5.82 Å². The van der Waals surface area contributed by atoms with Crippen LogP contribution in [-0.2, 0) is 0 Å². The lowest BCUT2D eigenvalue weighted by Gasteiger charge is -2.13. The number of benzene rings is 6. The van der Waals surface area contributed by atoms with E-state index in [4.69, 9.17) is 29.9 Å². The number of nitrogens with zero attached hydrogens (tertiary/aromatic N) is 6. The van der Waals surface area contributed by atoms with Crippen LogP contribution in [0.3, 0.4) is 0 Å². The first-order chi connectivity index (χ1) is 24.2. The molecule has 0 spiro atoms. The van der Waals surface area contributed by atoms with Gasteiger partial charge in [0.15, 0.2) is 34.9 Å². The fraction of sp³-hybridized carbons (Fsp3) is 0. The van der Waals surface area contributed by atoms with Crippen LogP contribution >= 0.6 is 0 Å². The summed E-state index contributed by atoms with van der Waals surface area (Å²) >= 11 is 0. The van der Waals surface area contributed by atoms with Gasteiger partial charge in [-0.25, -0.2) is 34.3 Å². The molecule has 0 aliphatic heterocycles. The summed E-state index contributed by atoms with van der Waals surface area (Å²) in [7, 11) is 0. The molecule has 0 aliphatic rings. The molecule has 0 saturated carbocycles. The first-order valence-electron chi connectivity index (χ1n) is 15.8. The minimum absolute atomic E-state index is 0.238. The van der Waals surface area contributed by atoms with Gasteiger partial charge in [0.05, 0.1) is 5.56 Å². The second kappa shape index (κ2) is 13.2. The molecule has 0 N–H and O–H groups in total. The number of aromatic nitrogens is 6. The van der Waals surface area contributed by atoms with E-state index in [0.29, 0.717) is 29.1 Å². The smallest absolute Gasteiger partial charge is 0.167 e. The zero-order valence-corrected chi connectivity index (χ0v) is 26.1. The molecule has 0 saturated heterocycles. The molecule has 2 heterocycles. The molecule has 0 atom stereocenters. The third-order valence-corrected chi connectivity index (χ3v) is 8.09. The summed E-state index contributed by atoms with van der Waals surface area (Å²) in [4.78, 5) is 29.0. The van der Waals surface area contributed by atoms with E-state index >= 15 is 4.39 Å². The quantitative estimate of drug-likeness (QED) is 0.174. The molecule has 0 fully saturated rings. The highest BCUT2D eigenvalue weighted by molar-refractivity contribution is 5.84. The van der Waals surface area contributed by atoms with E-state index in [0.717, 1.165) is 38.9 Å². The first kappa shape index (κ1) is 29.7. The van der Waals surface area contributed by atoms with Gasteiger partial charge in [-0.05, 0) is 23.3 Å². The van der Waals surface area contributed by atoms with Crippen molar-refractivity contribution >= 4 is 0 Å². The summed E-state index contributed by atoms with van der Waals surface area (Å²) in [5, 5.41) is 0. The Labute approximate surface area is 282 Å². The van der Waals surface area contributed by atoms with Crippen molar-refractivity contribution in [2.24, 2.45) is 0 Å². The van der Waals surface area contributed by atoms with Gasteiger partial charge < -0.3 is 0 Å². The van der Waals surface area contributed by atoms with Gasteiger partial charge in [0.1, 0.15) is 5.82 Å². The maximum atomic E-state index is 15.8. The van der Waals surface area contributed by atoms with Crippen molar-refractivity contribution in [3.8, 4) is 79.5 Å². The summed E-state index contributed by atoms with van der Waals surface area (Å²) in [6.45, 7) is 0. The zero-order chi connectivity index (χ0) is 33.0. The highest BCUT2D eigenvalue weighted by Crippen LogP contribution is 2.35. The Morgan fingerprint density at radius 3 is 1.00 bits per heavy atom. The minimum Gasteiger partial charge on any atom is -0.208 e. The molecule has 6 nitrogen and oxygen atoms in total. The van der Waals surface area contributed by atoms with Crippen molar-refractivity contribution in [2.75, 3.05) is 0 Å². The number of hydrogen-bond acceptors (Lipinski definition) is 6. The fourth-order valence-electron chi connectivity index (χ4n) is 5.65. The van der Waals surface area contributed by atoms with Crippen molar-refractivity contribution in [2.45, 2.75) is 0 Å². The summed E-state index contributed by atoms with van der Waals surface area (Å²) in [5.41, 5.74) is 6.00. The number of halogens is 1. The van der Waals surface area contributed by atoms with Crippen LogP contribution in [0.1, 0.15) is 0 Å². The van der Waals surface area contributed by atoms with E-state index in [-0.39, 0.29) is 11.4 Å². The highest BCUT2D eigenvalue weighted by atomic mass is 19.1. The second-order valence-corrected chi connectivity index (χ2v) is 11.3. The molecular formula is C42H27FN6. The molecule has 0 unspecified atom stereocenters. The van der Waals surface area contributed by atoms with Crippen LogP contribution in [-0.4, -0.2) is 29.9 Å². The molecule has 232 valence electrons. The first-order valence-corrected chi connectivity index (χ1v) is 15.8. The molecule has 0 radical (unpaired) electrons. The molecule has 8 rings (SSSR count). The maximum absolute atomic E-state index is 15.8. The Hall–Kier alpha value is -6.73. The Morgan fingerprint density at radius 2 is 0.592 bits per heavy atom. The van der Waals surface area contributed by atoms with Gasteiger partial charge in [0.2, 0.25) is 0 Å². The molecule has 0 bridgehead atoms. The Balaban J connectivity index is 1.28. The zero-order valence-electron chi connectivity index (χ0n) is 26.1. The van der Waals surface area contributed by atoms with Crippen molar-refractivity contribution in [3.63, 3.8) is 0 Å². The van der Waals surface area contributed by atoms with Gasteiger partial charge >= 0.3 is 0 Å². The molecule has 49 heavy (non-hydrogen) atoms. The van der Waals surface area contributed by atoms with Gasteiger partial charge in [-0.1, -0.05) is 152 Å². The Kier molecular flexibility index (Phi) is 7.97. The summed E-state index contributed by atoms with van der Waals surface area (Å²) in [6, 6.07) is 51.8. The van der Waals surface area contributed by atoms with Crippen LogP contribution < -0.4 is 0 Å². The second-order valence-electron chi connectivity index (χ2n) is 11.3. The van der Waals surface area contributed by atoms with E-state index in [9.17, 15) is 0 Å². The molecule has 6 aromatic carbocycles. The molecule has 0 aliphatic carbocycles. The molecule has 0 amide bonds. The largest absolute Gasteiger partial charge is 0.208 e. The predicted octanol–water partition coefficient (Wildman–Crippen LogP) is 9.86. The van der Waals surface area contributed by atoms with Crippen LogP contribution in [0.15, 0.2) is 164 Å². The topological polar surface area (TPSA) is 77.3 Å². The number of hydrogen-bond donors (Lipinski definition) is 0. The van der Waals surface area contributed by atoms with E-state index in [2.05, 4.69) is 0 Å². The summed E-state index contributed by atoms with van der Waals surface area (Å²) < 4.78 is 15.8. The lowest BCUT2D eigenvalue weighted by Crippen LogP contribution is -2.02. The van der Waals surface area contributed by atoms with Crippen LogP contribution in [0.25, 0.3) is 79.5 Å². The summed E-state index contributed by atoms with van der Waals surface area (Å²) in [5.74, 6) is 2.35. The van der Waals surface area contributed by atoms with Gasteiger partial charge in [0, 0.05) is 27.8 Å². The van der Waals surface area contributed by atoms with Gasteiger partial charge in [-0.2, -0.15) is 0 Å². The predicted molar refractivity (Wildman–Crippen MR) is 191 cm³/mol. The van der Waals surface area contributed by atoms with Crippen LogP contribution in [0.4, 0.5) is 4.39 Å². The SMILES string of the molecule is Fc1ccc(-c2ccccc2-c2nc(-c3ccccc3)nc(-c3ccccc3)n2)cc1-c1nc(-c2ccccc2)nc(-c2ccccc2)n1. The lowest BCUT2D eigenvalue weighted by atomic mass is 9.97. The molecule has 8 aromatic rings. The highest BCUT2D eigenvalue weighted by Gasteiger charge is 2.19. The van der Waals surface area contributed by atoms with Crippen molar-refractivity contribution in [1.29, 1.82) is 0 Å². The summed E-state index contributed by atoms with van der Waals surface area (Å²) in [6.07, 6.45) is 0. The van der Waals surface area contributed by atoms with Gasteiger partial charge in [-0.15, -0.1) is 0 Å².